The maximum Gasteiger partial charge on any atom is 0.296 e. The molecule has 2 rings (SSSR count). The van der Waals surface area contributed by atoms with Crippen molar-refractivity contribution in [2.45, 2.75) is 97.6 Å². The van der Waals surface area contributed by atoms with Crippen LogP contribution in [0.15, 0.2) is 24.0 Å². The second-order valence-electron chi connectivity index (χ2n) is 12.9. The fraction of sp³-hybridized carbons (Fsp3) is 0.792. The largest absolute Gasteiger partial charge is 0.547 e. The van der Waals surface area contributed by atoms with E-state index in [1.54, 1.807) is 0 Å². The molecule has 0 spiro atoms. The molecule has 5 atom stereocenters. The van der Waals surface area contributed by atoms with Crippen molar-refractivity contribution >= 4 is 30.9 Å². The van der Waals surface area contributed by atoms with Gasteiger partial charge in [-0.3, -0.25) is 4.79 Å². The third kappa shape index (κ3) is 6.68. The Bertz CT molecular complexity index is 723. The van der Waals surface area contributed by atoms with Crippen molar-refractivity contribution in [1.82, 2.24) is 0 Å². The van der Waals surface area contributed by atoms with E-state index >= 15 is 0 Å². The Kier molecular flexibility index (Phi) is 7.69. The van der Waals surface area contributed by atoms with E-state index in [0.717, 1.165) is 12.2 Å². The SMILES string of the molecule is C[C@H]1C=CC2C(O[Si](C)(C)C)=CC[C@H](O[Si](C)(C)C(C)(C)C)[C@@H]2[C@H]1C(=O)O[Si](C)(C)C. The summed E-state index contributed by atoms with van der Waals surface area (Å²) in [5.41, 5.74) is 0. The van der Waals surface area contributed by atoms with Gasteiger partial charge in [0.05, 0.1) is 17.8 Å². The molecule has 178 valence electrons. The fourth-order valence-electron chi connectivity index (χ4n) is 4.28. The molecule has 0 bridgehead atoms. The molecule has 0 aliphatic heterocycles. The molecular formula is C24H46O4Si3. The van der Waals surface area contributed by atoms with E-state index in [1.165, 1.54) is 0 Å². The Morgan fingerprint density at radius 1 is 0.968 bits per heavy atom. The highest BCUT2D eigenvalue weighted by Gasteiger charge is 2.51. The lowest BCUT2D eigenvalue weighted by Gasteiger charge is -2.49. The number of fused-ring (bicyclic) bond motifs is 1. The minimum atomic E-state index is -2.00. The van der Waals surface area contributed by atoms with Crippen LogP contribution in [0.4, 0.5) is 0 Å². The summed E-state index contributed by atoms with van der Waals surface area (Å²) in [5.74, 6) is 1.03. The van der Waals surface area contributed by atoms with E-state index in [-0.39, 0.29) is 40.8 Å². The zero-order valence-corrected chi connectivity index (χ0v) is 25.0. The summed E-state index contributed by atoms with van der Waals surface area (Å²) < 4.78 is 19.5. The van der Waals surface area contributed by atoms with Gasteiger partial charge in [0.1, 0.15) is 0 Å². The number of carbonyl (C=O) groups excluding carboxylic acids is 1. The number of rotatable bonds is 6. The van der Waals surface area contributed by atoms with Crippen molar-refractivity contribution < 1.29 is 18.1 Å². The van der Waals surface area contributed by atoms with Crippen LogP contribution in [0.25, 0.3) is 0 Å². The van der Waals surface area contributed by atoms with Gasteiger partial charge in [-0.2, -0.15) is 0 Å². The molecule has 4 nitrogen and oxygen atoms in total. The molecule has 0 amide bonds. The first kappa shape index (κ1) is 26.6. The molecule has 0 aromatic heterocycles. The number of allylic oxidation sites excluding steroid dienone is 2. The highest BCUT2D eigenvalue weighted by molar-refractivity contribution is 6.74. The zero-order chi connectivity index (χ0) is 24.0. The lowest BCUT2D eigenvalue weighted by Crippen LogP contribution is -2.53. The number of carbonyl (C=O) groups is 1. The Hall–Kier alpha value is -0.639. The van der Waals surface area contributed by atoms with E-state index in [9.17, 15) is 4.79 Å². The molecule has 1 unspecified atom stereocenters. The summed E-state index contributed by atoms with van der Waals surface area (Å²) in [6, 6.07) is 0. The standard InChI is InChI=1S/C24H46O4Si3/c1-17-13-14-18-19(26-29(5,6)7)15-16-20(27-31(11,12)24(2,3)4)22(18)21(17)23(25)28-30(8,9)10/h13-15,17-18,20-22H,16H2,1-12H3/t17-,18?,20-,21-,22+/m0/s1. The van der Waals surface area contributed by atoms with Crippen molar-refractivity contribution in [1.29, 1.82) is 0 Å². The van der Waals surface area contributed by atoms with Gasteiger partial charge in [-0.05, 0) is 75.8 Å². The average molecular weight is 483 g/mol. The Morgan fingerprint density at radius 3 is 2.03 bits per heavy atom. The third-order valence-electron chi connectivity index (χ3n) is 6.68. The molecule has 0 heterocycles. The van der Waals surface area contributed by atoms with E-state index in [4.69, 9.17) is 13.3 Å². The summed E-state index contributed by atoms with van der Waals surface area (Å²) in [7, 11) is -5.76. The van der Waals surface area contributed by atoms with Crippen LogP contribution < -0.4 is 0 Å². The molecule has 0 N–H and O–H groups in total. The molecular weight excluding hydrogens is 437 g/mol. The highest BCUT2D eigenvalue weighted by Crippen LogP contribution is 2.48. The van der Waals surface area contributed by atoms with Crippen LogP contribution in [-0.2, 0) is 18.1 Å². The van der Waals surface area contributed by atoms with Crippen LogP contribution in [-0.4, -0.2) is 37.0 Å². The quantitative estimate of drug-likeness (QED) is 0.303. The third-order valence-corrected chi connectivity index (χ3v) is 12.8. The van der Waals surface area contributed by atoms with Gasteiger partial charge in [0.15, 0.2) is 8.32 Å². The number of hydrogen-bond donors (Lipinski definition) is 0. The molecule has 0 aromatic rings. The van der Waals surface area contributed by atoms with Crippen LogP contribution in [0.2, 0.25) is 57.4 Å². The van der Waals surface area contributed by atoms with Crippen LogP contribution in [0.3, 0.4) is 0 Å². The summed E-state index contributed by atoms with van der Waals surface area (Å²) in [5, 5.41) is 0.117. The van der Waals surface area contributed by atoms with E-state index < -0.39 is 25.0 Å². The van der Waals surface area contributed by atoms with E-state index in [1.807, 2.05) is 0 Å². The smallest absolute Gasteiger partial charge is 0.296 e. The summed E-state index contributed by atoms with van der Waals surface area (Å²) >= 11 is 0. The highest BCUT2D eigenvalue weighted by atomic mass is 28.4. The van der Waals surface area contributed by atoms with E-state index in [2.05, 4.69) is 98.3 Å². The van der Waals surface area contributed by atoms with Crippen molar-refractivity contribution in [3.8, 4) is 0 Å². The first-order valence-corrected chi connectivity index (χ1v) is 21.5. The normalized spacial score (nSPS) is 29.8. The molecule has 2 aliphatic carbocycles. The Balaban J connectivity index is 2.49. The van der Waals surface area contributed by atoms with Gasteiger partial charge in [0.2, 0.25) is 16.6 Å². The Morgan fingerprint density at radius 2 is 1.55 bits per heavy atom. The molecule has 0 fully saturated rings. The Labute approximate surface area is 194 Å². The maximum atomic E-state index is 13.5. The molecule has 0 aromatic carbocycles. The molecule has 0 saturated carbocycles. The molecule has 7 heteroatoms. The van der Waals surface area contributed by atoms with Crippen LogP contribution in [0, 0.1) is 23.7 Å². The summed E-state index contributed by atoms with van der Waals surface area (Å²) in [6.45, 7) is 26.5. The van der Waals surface area contributed by atoms with Gasteiger partial charge >= 0.3 is 0 Å². The van der Waals surface area contributed by atoms with Crippen molar-refractivity contribution in [2.24, 2.45) is 23.7 Å². The monoisotopic (exact) mass is 482 g/mol. The first-order chi connectivity index (χ1) is 13.8. The molecule has 2 aliphatic rings. The predicted molar refractivity (Wildman–Crippen MR) is 137 cm³/mol. The fourth-order valence-corrected chi connectivity index (χ4v) is 7.31. The second kappa shape index (κ2) is 8.95. The lowest BCUT2D eigenvalue weighted by molar-refractivity contribution is -0.146. The van der Waals surface area contributed by atoms with Gasteiger partial charge in [-0.25, -0.2) is 0 Å². The minimum absolute atomic E-state index is 0.00598. The molecule has 0 radical (unpaired) electrons. The van der Waals surface area contributed by atoms with Gasteiger partial charge in [0.25, 0.3) is 5.97 Å². The lowest BCUT2D eigenvalue weighted by atomic mass is 9.65. The number of hydrogen-bond acceptors (Lipinski definition) is 4. The van der Waals surface area contributed by atoms with Crippen LogP contribution >= 0.6 is 0 Å². The van der Waals surface area contributed by atoms with E-state index in [0.29, 0.717) is 0 Å². The topological polar surface area (TPSA) is 44.8 Å². The zero-order valence-electron chi connectivity index (χ0n) is 22.0. The van der Waals surface area contributed by atoms with Crippen LogP contribution in [0.5, 0.6) is 0 Å². The van der Waals surface area contributed by atoms with Crippen molar-refractivity contribution in [2.75, 3.05) is 0 Å². The van der Waals surface area contributed by atoms with Crippen molar-refractivity contribution in [3.63, 3.8) is 0 Å². The summed E-state index contributed by atoms with van der Waals surface area (Å²) in [4.78, 5) is 13.5. The second-order valence-corrected chi connectivity index (χ2v) is 26.5. The maximum absolute atomic E-state index is 13.5. The molecule has 0 saturated heterocycles. The summed E-state index contributed by atoms with van der Waals surface area (Å²) in [6.07, 6.45) is 7.49. The van der Waals surface area contributed by atoms with Crippen LogP contribution in [0.1, 0.15) is 34.1 Å². The molecule has 31 heavy (non-hydrogen) atoms. The van der Waals surface area contributed by atoms with Gasteiger partial charge in [-0.15, -0.1) is 0 Å². The first-order valence-electron chi connectivity index (χ1n) is 11.8. The van der Waals surface area contributed by atoms with Crippen molar-refractivity contribution in [3.05, 3.63) is 24.0 Å². The predicted octanol–water partition coefficient (Wildman–Crippen LogP) is 6.95. The minimum Gasteiger partial charge on any atom is -0.547 e. The van der Waals surface area contributed by atoms with Gasteiger partial charge in [-0.1, -0.05) is 39.8 Å². The van der Waals surface area contributed by atoms with Gasteiger partial charge < -0.3 is 13.3 Å². The average Bonchev–Trinajstić information content (AvgIpc) is 2.52. The van der Waals surface area contributed by atoms with Gasteiger partial charge in [0, 0.05) is 11.8 Å².